The van der Waals surface area contributed by atoms with Gasteiger partial charge in [0.05, 0.1) is 19.2 Å². The average Bonchev–Trinajstić information content (AvgIpc) is 3.13. The molecule has 0 spiro atoms. The van der Waals surface area contributed by atoms with Crippen LogP contribution in [0.1, 0.15) is 38.4 Å². The van der Waals surface area contributed by atoms with Crippen molar-refractivity contribution < 1.29 is 19.1 Å². The Kier molecular flexibility index (Phi) is 5.71. The van der Waals surface area contributed by atoms with Crippen LogP contribution in [0, 0.1) is 25.2 Å². The second-order valence-electron chi connectivity index (χ2n) is 7.58. The molecule has 2 aromatic carbocycles. The van der Waals surface area contributed by atoms with Crippen molar-refractivity contribution in [3.63, 3.8) is 0 Å². The summed E-state index contributed by atoms with van der Waals surface area (Å²) in [7, 11) is 1.54. The van der Waals surface area contributed by atoms with E-state index in [0.717, 1.165) is 4.57 Å². The van der Waals surface area contributed by atoms with E-state index in [-0.39, 0.29) is 29.0 Å². The fraction of sp³-hybridized carbons (Fsp3) is 0.160. The minimum absolute atomic E-state index is 0.00389. The highest BCUT2D eigenvalue weighted by Gasteiger charge is 2.28. The van der Waals surface area contributed by atoms with Crippen LogP contribution in [-0.2, 0) is 6.54 Å². The molecule has 0 aliphatic heterocycles. The molecule has 0 saturated heterocycles. The maximum atomic E-state index is 13.5. The number of aromatic nitrogens is 1. The predicted octanol–water partition coefficient (Wildman–Crippen LogP) is 4.73. The molecule has 4 rings (SSSR count). The quantitative estimate of drug-likeness (QED) is 0.430. The van der Waals surface area contributed by atoms with Crippen LogP contribution in [0.25, 0.3) is 11.0 Å². The van der Waals surface area contributed by atoms with Crippen LogP contribution < -0.4 is 10.3 Å². The second-order valence-corrected chi connectivity index (χ2v) is 8.01. The van der Waals surface area contributed by atoms with E-state index in [9.17, 15) is 20.0 Å². The molecule has 2 heterocycles. The maximum absolute atomic E-state index is 13.5. The standard InChI is InChI=1S/C25H19ClN2O5/c1-13-19(11-27)24(30)28(12-15-4-7-17(32-3)8-5-15)25(31)21(13)22(29)23-14(2)18-10-16(26)6-9-20(18)33-23/h4-10,31H,12H2,1-3H3. The monoisotopic (exact) mass is 462 g/mol. The fourth-order valence-electron chi connectivity index (χ4n) is 3.81. The first-order chi connectivity index (χ1) is 15.8. The van der Waals surface area contributed by atoms with Gasteiger partial charge in [0, 0.05) is 16.0 Å². The van der Waals surface area contributed by atoms with Crippen LogP contribution in [0.4, 0.5) is 0 Å². The third-order valence-corrected chi connectivity index (χ3v) is 5.87. The van der Waals surface area contributed by atoms with Crippen molar-refractivity contribution in [2.45, 2.75) is 20.4 Å². The van der Waals surface area contributed by atoms with E-state index < -0.39 is 17.2 Å². The second kappa shape index (κ2) is 8.49. The number of carbonyl (C=O) groups is 1. The molecule has 8 heteroatoms. The SMILES string of the molecule is COc1ccc(Cn2c(O)c(C(=O)c3oc4ccc(Cl)cc4c3C)c(C)c(C#N)c2=O)cc1. The van der Waals surface area contributed by atoms with Gasteiger partial charge in [0.2, 0.25) is 11.7 Å². The average molecular weight is 463 g/mol. The predicted molar refractivity (Wildman–Crippen MR) is 123 cm³/mol. The van der Waals surface area contributed by atoms with Crippen molar-refractivity contribution in [1.82, 2.24) is 4.57 Å². The van der Waals surface area contributed by atoms with Gasteiger partial charge in [-0.3, -0.25) is 14.2 Å². The molecule has 0 aliphatic carbocycles. The van der Waals surface area contributed by atoms with Gasteiger partial charge in [-0.15, -0.1) is 0 Å². The third-order valence-electron chi connectivity index (χ3n) is 5.63. The van der Waals surface area contributed by atoms with Gasteiger partial charge in [0.15, 0.2) is 5.76 Å². The zero-order chi connectivity index (χ0) is 23.9. The molecule has 166 valence electrons. The zero-order valence-corrected chi connectivity index (χ0v) is 18.9. The number of aryl methyl sites for hydroxylation is 1. The number of halogens is 1. The molecule has 0 saturated carbocycles. The number of ether oxygens (including phenoxy) is 1. The smallest absolute Gasteiger partial charge is 0.271 e. The Morgan fingerprint density at radius 3 is 2.52 bits per heavy atom. The van der Waals surface area contributed by atoms with Gasteiger partial charge in [0.1, 0.15) is 23.0 Å². The summed E-state index contributed by atoms with van der Waals surface area (Å²) in [4.78, 5) is 26.4. The highest BCUT2D eigenvalue weighted by Crippen LogP contribution is 2.32. The van der Waals surface area contributed by atoms with Gasteiger partial charge in [-0.05, 0) is 55.3 Å². The maximum Gasteiger partial charge on any atom is 0.271 e. The van der Waals surface area contributed by atoms with E-state index in [0.29, 0.717) is 32.9 Å². The van der Waals surface area contributed by atoms with Crippen LogP contribution in [0.2, 0.25) is 5.02 Å². The van der Waals surface area contributed by atoms with E-state index in [1.165, 1.54) is 14.0 Å². The highest BCUT2D eigenvalue weighted by molar-refractivity contribution is 6.31. The number of furan rings is 1. The number of hydrogen-bond donors (Lipinski definition) is 1. The molecule has 0 unspecified atom stereocenters. The van der Waals surface area contributed by atoms with Gasteiger partial charge in [-0.1, -0.05) is 23.7 Å². The third kappa shape index (κ3) is 3.75. The summed E-state index contributed by atoms with van der Waals surface area (Å²) in [6.07, 6.45) is 0. The number of ketones is 1. The molecule has 7 nitrogen and oxygen atoms in total. The Labute approximate surface area is 194 Å². The summed E-state index contributed by atoms with van der Waals surface area (Å²) in [5.74, 6) is -0.525. The van der Waals surface area contributed by atoms with Crippen LogP contribution >= 0.6 is 11.6 Å². The normalized spacial score (nSPS) is 10.9. The lowest BCUT2D eigenvalue weighted by molar-refractivity contribution is 0.101. The first-order valence-electron chi connectivity index (χ1n) is 9.99. The summed E-state index contributed by atoms with van der Waals surface area (Å²) < 4.78 is 11.9. The van der Waals surface area contributed by atoms with Crippen LogP contribution in [0.15, 0.2) is 51.7 Å². The summed E-state index contributed by atoms with van der Waals surface area (Å²) in [6.45, 7) is 3.12. The zero-order valence-electron chi connectivity index (χ0n) is 18.1. The molecule has 0 bridgehead atoms. The van der Waals surface area contributed by atoms with Gasteiger partial charge < -0.3 is 14.3 Å². The molecule has 4 aromatic rings. The van der Waals surface area contributed by atoms with Crippen molar-refractivity contribution in [2.75, 3.05) is 7.11 Å². The minimum Gasteiger partial charge on any atom is -0.497 e. The van der Waals surface area contributed by atoms with Crippen LogP contribution in [0.3, 0.4) is 0 Å². The van der Waals surface area contributed by atoms with Crippen LogP contribution in [0.5, 0.6) is 11.6 Å². The number of rotatable bonds is 5. The molecule has 33 heavy (non-hydrogen) atoms. The number of aromatic hydroxyl groups is 1. The largest absolute Gasteiger partial charge is 0.497 e. The molecule has 0 aliphatic rings. The van der Waals surface area contributed by atoms with Gasteiger partial charge in [-0.2, -0.15) is 5.26 Å². The first-order valence-corrected chi connectivity index (χ1v) is 10.4. The summed E-state index contributed by atoms with van der Waals surface area (Å²) in [6, 6.07) is 13.7. The highest BCUT2D eigenvalue weighted by atomic mass is 35.5. The number of nitrogens with zero attached hydrogens (tertiary/aromatic N) is 2. The molecule has 2 aromatic heterocycles. The van der Waals surface area contributed by atoms with E-state index >= 15 is 0 Å². The van der Waals surface area contributed by atoms with Gasteiger partial charge >= 0.3 is 0 Å². The van der Waals surface area contributed by atoms with E-state index in [2.05, 4.69) is 0 Å². The lowest BCUT2D eigenvalue weighted by atomic mass is 9.98. The summed E-state index contributed by atoms with van der Waals surface area (Å²) >= 11 is 6.07. The van der Waals surface area contributed by atoms with Crippen molar-refractivity contribution in [1.29, 1.82) is 5.26 Å². The Bertz CT molecular complexity index is 1510. The van der Waals surface area contributed by atoms with Crippen molar-refractivity contribution in [2.24, 2.45) is 0 Å². The molecular weight excluding hydrogens is 444 g/mol. The minimum atomic E-state index is -0.687. The van der Waals surface area contributed by atoms with E-state index in [1.807, 2.05) is 6.07 Å². The number of carbonyl (C=O) groups excluding carboxylic acids is 1. The number of methoxy groups -OCH3 is 1. The summed E-state index contributed by atoms with van der Waals surface area (Å²) in [5, 5.41) is 21.8. The Morgan fingerprint density at radius 2 is 1.88 bits per heavy atom. The molecule has 0 atom stereocenters. The molecule has 0 fully saturated rings. The number of hydrogen-bond acceptors (Lipinski definition) is 6. The number of benzene rings is 2. The van der Waals surface area contributed by atoms with Crippen molar-refractivity contribution >= 4 is 28.4 Å². The first kappa shape index (κ1) is 22.2. The Hall–Kier alpha value is -4.02. The van der Waals surface area contributed by atoms with Crippen molar-refractivity contribution in [3.8, 4) is 17.7 Å². The lowest BCUT2D eigenvalue weighted by Crippen LogP contribution is -2.27. The Balaban J connectivity index is 1.89. The number of fused-ring (bicyclic) bond motifs is 1. The molecule has 0 radical (unpaired) electrons. The van der Waals surface area contributed by atoms with E-state index in [4.69, 9.17) is 20.8 Å². The fourth-order valence-corrected chi connectivity index (χ4v) is 3.98. The molecule has 0 amide bonds. The topological polar surface area (TPSA) is 105 Å². The van der Waals surface area contributed by atoms with Gasteiger partial charge in [-0.25, -0.2) is 0 Å². The molecule has 1 N–H and O–H groups in total. The van der Waals surface area contributed by atoms with Gasteiger partial charge in [0.25, 0.3) is 5.56 Å². The number of nitriles is 1. The molecular formula is C25H19ClN2O5. The Morgan fingerprint density at radius 1 is 1.18 bits per heavy atom. The number of pyridine rings is 1. The lowest BCUT2D eigenvalue weighted by Gasteiger charge is -2.15. The summed E-state index contributed by atoms with van der Waals surface area (Å²) in [5.41, 5.74) is 0.706. The van der Waals surface area contributed by atoms with Crippen molar-refractivity contribution in [3.05, 3.63) is 91.4 Å². The van der Waals surface area contributed by atoms with Crippen LogP contribution in [-0.4, -0.2) is 22.6 Å². The van der Waals surface area contributed by atoms with E-state index in [1.54, 1.807) is 49.4 Å².